The molecule has 0 saturated heterocycles. The van der Waals surface area contributed by atoms with Crippen molar-refractivity contribution in [2.45, 2.75) is 25.9 Å². The van der Waals surface area contributed by atoms with E-state index in [2.05, 4.69) is 5.32 Å². The maximum Gasteiger partial charge on any atom is 0.251 e. The average Bonchev–Trinajstić information content (AvgIpc) is 3.12. The van der Waals surface area contributed by atoms with E-state index in [9.17, 15) is 9.59 Å². The Labute approximate surface area is 192 Å². The molecular weight excluding hydrogens is 420 g/mol. The number of nitrogens with two attached hydrogens (primary N) is 1. The van der Waals surface area contributed by atoms with Gasteiger partial charge >= 0.3 is 0 Å². The van der Waals surface area contributed by atoms with Crippen molar-refractivity contribution in [3.8, 4) is 23.0 Å². The Morgan fingerprint density at radius 1 is 0.970 bits per heavy atom. The summed E-state index contributed by atoms with van der Waals surface area (Å²) >= 11 is 0. The second-order valence-corrected chi connectivity index (χ2v) is 8.40. The van der Waals surface area contributed by atoms with Gasteiger partial charge in [-0.05, 0) is 68.4 Å². The van der Waals surface area contributed by atoms with Crippen LogP contribution in [-0.2, 0) is 6.42 Å². The fraction of sp³-hybridized carbons (Fsp3) is 0.231. The number of benzene rings is 3. The Morgan fingerprint density at radius 3 is 2.24 bits per heavy atom. The van der Waals surface area contributed by atoms with Gasteiger partial charge in [0.25, 0.3) is 5.91 Å². The van der Waals surface area contributed by atoms with E-state index in [1.807, 2.05) is 32.0 Å². The van der Waals surface area contributed by atoms with Crippen LogP contribution in [0, 0.1) is 0 Å². The first-order chi connectivity index (χ1) is 15.8. The summed E-state index contributed by atoms with van der Waals surface area (Å²) in [6.07, 6.45) is 0.842. The first kappa shape index (κ1) is 22.2. The molecule has 0 atom stereocenters. The second-order valence-electron chi connectivity index (χ2n) is 8.40. The van der Waals surface area contributed by atoms with E-state index >= 15 is 0 Å². The zero-order valence-electron chi connectivity index (χ0n) is 18.6. The summed E-state index contributed by atoms with van der Waals surface area (Å²) in [5.41, 5.74) is 7.05. The molecule has 0 spiro atoms. The van der Waals surface area contributed by atoms with Crippen molar-refractivity contribution in [2.75, 3.05) is 13.2 Å². The summed E-state index contributed by atoms with van der Waals surface area (Å²) < 4.78 is 17.6. The third kappa shape index (κ3) is 5.44. The highest BCUT2D eigenvalue weighted by Crippen LogP contribution is 2.41. The zero-order valence-corrected chi connectivity index (χ0v) is 18.6. The molecule has 7 heteroatoms. The lowest BCUT2D eigenvalue weighted by atomic mass is 10.0. The number of carbonyl (C=O) groups is 2. The monoisotopic (exact) mass is 446 g/mol. The largest absolute Gasteiger partial charge is 0.488 e. The molecule has 0 radical (unpaired) electrons. The summed E-state index contributed by atoms with van der Waals surface area (Å²) in [7, 11) is 0. The number of amides is 2. The van der Waals surface area contributed by atoms with Crippen molar-refractivity contribution in [3.05, 3.63) is 83.4 Å². The quantitative estimate of drug-likeness (QED) is 0.508. The molecule has 170 valence electrons. The van der Waals surface area contributed by atoms with Crippen molar-refractivity contribution >= 4 is 11.8 Å². The summed E-state index contributed by atoms with van der Waals surface area (Å²) in [6.45, 7) is 4.78. The molecule has 4 rings (SSSR count). The van der Waals surface area contributed by atoms with Crippen LogP contribution >= 0.6 is 0 Å². The fourth-order valence-electron chi connectivity index (χ4n) is 3.63. The van der Waals surface area contributed by atoms with E-state index in [1.54, 1.807) is 48.5 Å². The van der Waals surface area contributed by atoms with Crippen LogP contribution < -0.4 is 25.3 Å². The smallest absolute Gasteiger partial charge is 0.251 e. The van der Waals surface area contributed by atoms with E-state index in [-0.39, 0.29) is 11.5 Å². The Balaban J connectivity index is 1.26. The SMILES string of the molecule is CC1(C)Cc2cccc(OCCNC(=O)c3ccc(Oc4ccc(C(N)=O)cc4)cc3)c2O1. The Morgan fingerprint density at radius 2 is 1.61 bits per heavy atom. The zero-order chi connectivity index (χ0) is 23.4. The van der Waals surface area contributed by atoms with Crippen LogP contribution in [0.2, 0.25) is 0 Å². The van der Waals surface area contributed by atoms with Gasteiger partial charge in [0.15, 0.2) is 11.5 Å². The first-order valence-corrected chi connectivity index (χ1v) is 10.7. The number of nitrogens with one attached hydrogen (secondary N) is 1. The lowest BCUT2D eigenvalue weighted by molar-refractivity contribution is 0.0945. The summed E-state index contributed by atoms with van der Waals surface area (Å²) in [4.78, 5) is 23.6. The molecule has 3 aromatic carbocycles. The van der Waals surface area contributed by atoms with E-state index < -0.39 is 5.91 Å². The van der Waals surface area contributed by atoms with E-state index in [1.165, 1.54) is 0 Å². The van der Waals surface area contributed by atoms with Crippen molar-refractivity contribution in [1.82, 2.24) is 5.32 Å². The van der Waals surface area contributed by atoms with Crippen LogP contribution in [-0.4, -0.2) is 30.6 Å². The Bertz CT molecular complexity index is 1150. The number of ether oxygens (including phenoxy) is 3. The van der Waals surface area contributed by atoms with Crippen LogP contribution in [0.1, 0.15) is 40.1 Å². The number of para-hydroxylation sites is 1. The van der Waals surface area contributed by atoms with Gasteiger partial charge in [-0.25, -0.2) is 0 Å². The predicted molar refractivity (Wildman–Crippen MR) is 124 cm³/mol. The molecule has 1 aliphatic heterocycles. The van der Waals surface area contributed by atoms with Gasteiger partial charge in [0.2, 0.25) is 5.91 Å². The molecule has 0 aliphatic carbocycles. The van der Waals surface area contributed by atoms with Crippen LogP contribution in [0.15, 0.2) is 66.7 Å². The lowest BCUT2D eigenvalue weighted by Crippen LogP contribution is -2.28. The van der Waals surface area contributed by atoms with Gasteiger partial charge < -0.3 is 25.3 Å². The number of hydrogen-bond donors (Lipinski definition) is 2. The van der Waals surface area contributed by atoms with Crippen molar-refractivity contribution in [2.24, 2.45) is 5.73 Å². The minimum atomic E-state index is -0.493. The van der Waals surface area contributed by atoms with Gasteiger partial charge in [0.1, 0.15) is 23.7 Å². The fourth-order valence-corrected chi connectivity index (χ4v) is 3.63. The van der Waals surface area contributed by atoms with Gasteiger partial charge in [-0.15, -0.1) is 0 Å². The predicted octanol–water partition coefficient (Wildman–Crippen LogP) is 4.10. The lowest BCUT2D eigenvalue weighted by Gasteiger charge is -2.18. The molecule has 2 amide bonds. The number of carbonyl (C=O) groups excluding carboxylic acids is 2. The highest BCUT2D eigenvalue weighted by molar-refractivity contribution is 5.94. The molecule has 0 bridgehead atoms. The first-order valence-electron chi connectivity index (χ1n) is 10.7. The molecule has 0 saturated carbocycles. The summed E-state index contributed by atoms with van der Waals surface area (Å²) in [5.74, 6) is 1.92. The van der Waals surface area contributed by atoms with Crippen LogP contribution in [0.3, 0.4) is 0 Å². The van der Waals surface area contributed by atoms with Crippen molar-refractivity contribution < 1.29 is 23.8 Å². The highest BCUT2D eigenvalue weighted by Gasteiger charge is 2.32. The van der Waals surface area contributed by atoms with Gasteiger partial charge in [-0.1, -0.05) is 12.1 Å². The number of hydrogen-bond acceptors (Lipinski definition) is 5. The van der Waals surface area contributed by atoms with Gasteiger partial charge in [0.05, 0.1) is 6.54 Å². The normalized spacial score (nSPS) is 13.5. The van der Waals surface area contributed by atoms with Crippen molar-refractivity contribution in [3.63, 3.8) is 0 Å². The van der Waals surface area contributed by atoms with Gasteiger partial charge in [-0.3, -0.25) is 9.59 Å². The van der Waals surface area contributed by atoms with Crippen LogP contribution in [0.4, 0.5) is 0 Å². The Kier molecular flexibility index (Phi) is 6.22. The molecule has 0 unspecified atom stereocenters. The number of rotatable bonds is 8. The minimum Gasteiger partial charge on any atom is -0.488 e. The molecule has 7 nitrogen and oxygen atoms in total. The maximum atomic E-state index is 12.4. The standard InChI is InChI=1S/C26H26N2O5/c1-26(2)16-19-4-3-5-22(23(19)33-26)31-15-14-28-25(30)18-8-12-21(13-9-18)32-20-10-6-17(7-11-20)24(27)29/h3-13H,14-16H2,1-2H3,(H2,27,29)(H,28,30). The molecule has 0 aromatic heterocycles. The molecule has 33 heavy (non-hydrogen) atoms. The minimum absolute atomic E-state index is 0.202. The average molecular weight is 447 g/mol. The summed E-state index contributed by atoms with van der Waals surface area (Å²) in [5, 5.41) is 2.85. The number of fused-ring (bicyclic) bond motifs is 1. The van der Waals surface area contributed by atoms with E-state index in [0.29, 0.717) is 41.5 Å². The molecule has 3 aromatic rings. The van der Waals surface area contributed by atoms with Crippen LogP contribution in [0.25, 0.3) is 0 Å². The highest BCUT2D eigenvalue weighted by atomic mass is 16.5. The third-order valence-corrected chi connectivity index (χ3v) is 5.19. The molecular formula is C26H26N2O5. The molecule has 0 fully saturated rings. The molecule has 1 heterocycles. The number of primary amides is 1. The van der Waals surface area contributed by atoms with E-state index in [4.69, 9.17) is 19.9 Å². The maximum absolute atomic E-state index is 12.4. The van der Waals surface area contributed by atoms with Gasteiger partial charge in [0, 0.05) is 23.1 Å². The molecule has 1 aliphatic rings. The third-order valence-electron chi connectivity index (χ3n) is 5.19. The van der Waals surface area contributed by atoms with E-state index in [0.717, 1.165) is 17.7 Å². The Hall–Kier alpha value is -4.00. The van der Waals surface area contributed by atoms with Gasteiger partial charge in [-0.2, -0.15) is 0 Å². The summed E-state index contributed by atoms with van der Waals surface area (Å²) in [6, 6.07) is 19.2. The van der Waals surface area contributed by atoms with Crippen molar-refractivity contribution in [1.29, 1.82) is 0 Å². The van der Waals surface area contributed by atoms with Crippen LogP contribution in [0.5, 0.6) is 23.0 Å². The second kappa shape index (κ2) is 9.24. The molecule has 3 N–H and O–H groups in total. The topological polar surface area (TPSA) is 99.9 Å².